The van der Waals surface area contributed by atoms with Crippen LogP contribution < -0.4 is 5.32 Å². The van der Waals surface area contributed by atoms with E-state index in [0.29, 0.717) is 11.0 Å². The molecule has 0 aliphatic heterocycles. The SMILES string of the molecule is Cc1onc(-c2c(F)cccc2Cl)c1C(=O)Nc1nnc(CC(C)C)s1. The van der Waals surface area contributed by atoms with Gasteiger partial charge in [-0.3, -0.25) is 10.1 Å². The molecule has 2 aromatic heterocycles. The minimum Gasteiger partial charge on any atom is -0.360 e. The number of benzene rings is 1. The zero-order chi connectivity index (χ0) is 18.8. The van der Waals surface area contributed by atoms with Crippen molar-refractivity contribution < 1.29 is 13.7 Å². The van der Waals surface area contributed by atoms with E-state index in [1.165, 1.54) is 29.5 Å². The summed E-state index contributed by atoms with van der Waals surface area (Å²) in [5.41, 5.74) is 0.182. The molecule has 0 atom stereocenters. The Morgan fingerprint density at radius 3 is 2.85 bits per heavy atom. The lowest BCUT2D eigenvalue weighted by Gasteiger charge is -2.05. The highest BCUT2D eigenvalue weighted by Gasteiger charge is 2.26. The lowest BCUT2D eigenvalue weighted by atomic mass is 10.1. The molecule has 0 fully saturated rings. The first-order chi connectivity index (χ1) is 12.4. The van der Waals surface area contributed by atoms with Gasteiger partial charge in [-0.1, -0.05) is 48.0 Å². The smallest absolute Gasteiger partial charge is 0.263 e. The molecule has 1 amide bonds. The van der Waals surface area contributed by atoms with Crippen LogP contribution in [0.3, 0.4) is 0 Å². The maximum Gasteiger partial charge on any atom is 0.263 e. The quantitative estimate of drug-likeness (QED) is 0.675. The Hall–Kier alpha value is -2.32. The molecule has 26 heavy (non-hydrogen) atoms. The molecule has 9 heteroatoms. The molecule has 2 heterocycles. The lowest BCUT2D eigenvalue weighted by Crippen LogP contribution is -2.13. The zero-order valence-electron chi connectivity index (χ0n) is 14.3. The van der Waals surface area contributed by atoms with Gasteiger partial charge in [0.2, 0.25) is 5.13 Å². The fourth-order valence-electron chi connectivity index (χ4n) is 2.43. The molecule has 6 nitrogen and oxygen atoms in total. The minimum atomic E-state index is -0.588. The van der Waals surface area contributed by atoms with E-state index in [2.05, 4.69) is 34.5 Å². The molecule has 0 bridgehead atoms. The van der Waals surface area contributed by atoms with Crippen molar-refractivity contribution in [2.24, 2.45) is 5.92 Å². The van der Waals surface area contributed by atoms with Crippen molar-refractivity contribution in [3.05, 3.63) is 45.4 Å². The first-order valence-corrected chi connectivity index (χ1v) is 9.10. The summed E-state index contributed by atoms with van der Waals surface area (Å²) in [5.74, 6) is -0.411. The molecular weight excluding hydrogens is 379 g/mol. The Kier molecular flexibility index (Phi) is 5.33. The van der Waals surface area contributed by atoms with Crippen molar-refractivity contribution in [1.82, 2.24) is 15.4 Å². The average Bonchev–Trinajstić information content (AvgIpc) is 3.13. The predicted octanol–water partition coefficient (Wildman–Crippen LogP) is 4.74. The van der Waals surface area contributed by atoms with Gasteiger partial charge in [-0.05, 0) is 25.0 Å². The number of aryl methyl sites for hydroxylation is 1. The molecular formula is C17H16ClFN4O2S. The van der Waals surface area contributed by atoms with Crippen LogP contribution >= 0.6 is 22.9 Å². The number of hydrogen-bond donors (Lipinski definition) is 1. The van der Waals surface area contributed by atoms with Crippen molar-refractivity contribution in [2.75, 3.05) is 5.32 Å². The summed E-state index contributed by atoms with van der Waals surface area (Å²) in [5, 5.41) is 15.8. The van der Waals surface area contributed by atoms with Crippen LogP contribution in [0.2, 0.25) is 5.02 Å². The number of anilines is 1. The summed E-state index contributed by atoms with van der Waals surface area (Å²) < 4.78 is 19.3. The third-order valence-electron chi connectivity index (χ3n) is 3.56. The third-order valence-corrected chi connectivity index (χ3v) is 4.74. The van der Waals surface area contributed by atoms with Crippen molar-refractivity contribution in [3.63, 3.8) is 0 Å². The number of carbonyl (C=O) groups is 1. The van der Waals surface area contributed by atoms with Gasteiger partial charge in [0.25, 0.3) is 5.91 Å². The molecule has 3 rings (SSSR count). The summed E-state index contributed by atoms with van der Waals surface area (Å²) in [6.07, 6.45) is 0.774. The van der Waals surface area contributed by atoms with E-state index in [-0.39, 0.29) is 27.6 Å². The van der Waals surface area contributed by atoms with Crippen LogP contribution in [0.4, 0.5) is 9.52 Å². The van der Waals surface area contributed by atoms with Gasteiger partial charge in [-0.2, -0.15) is 0 Å². The highest BCUT2D eigenvalue weighted by atomic mass is 35.5. The Morgan fingerprint density at radius 2 is 2.15 bits per heavy atom. The molecule has 0 radical (unpaired) electrons. The van der Waals surface area contributed by atoms with E-state index >= 15 is 0 Å². The summed E-state index contributed by atoms with van der Waals surface area (Å²) in [4.78, 5) is 12.7. The second-order valence-electron chi connectivity index (χ2n) is 6.11. The number of nitrogens with zero attached hydrogens (tertiary/aromatic N) is 3. The number of halogens is 2. The fraction of sp³-hybridized carbons (Fsp3) is 0.294. The average molecular weight is 395 g/mol. The zero-order valence-corrected chi connectivity index (χ0v) is 15.9. The number of carbonyl (C=O) groups excluding carboxylic acids is 1. The molecule has 1 aromatic carbocycles. The van der Waals surface area contributed by atoms with Crippen molar-refractivity contribution in [1.29, 1.82) is 0 Å². The van der Waals surface area contributed by atoms with E-state index < -0.39 is 11.7 Å². The first-order valence-electron chi connectivity index (χ1n) is 7.91. The van der Waals surface area contributed by atoms with Crippen molar-refractivity contribution in [2.45, 2.75) is 27.2 Å². The molecule has 3 aromatic rings. The van der Waals surface area contributed by atoms with Gasteiger partial charge in [0.05, 0.1) is 10.6 Å². The summed E-state index contributed by atoms with van der Waals surface area (Å²) in [7, 11) is 0. The van der Waals surface area contributed by atoms with Gasteiger partial charge in [0.15, 0.2) is 0 Å². The molecule has 136 valence electrons. The molecule has 1 N–H and O–H groups in total. The number of nitrogens with one attached hydrogen (secondary N) is 1. The number of amides is 1. The Morgan fingerprint density at radius 1 is 1.38 bits per heavy atom. The van der Waals surface area contributed by atoms with Gasteiger partial charge in [-0.15, -0.1) is 10.2 Å². The van der Waals surface area contributed by atoms with Crippen LogP contribution in [0.1, 0.15) is 35.0 Å². The first kappa shape index (κ1) is 18.5. The highest BCUT2D eigenvalue weighted by Crippen LogP contribution is 2.34. The van der Waals surface area contributed by atoms with E-state index in [9.17, 15) is 9.18 Å². The van der Waals surface area contributed by atoms with Crippen LogP contribution in [-0.2, 0) is 6.42 Å². The van der Waals surface area contributed by atoms with Gasteiger partial charge in [0, 0.05) is 6.42 Å². The Balaban J connectivity index is 1.91. The Labute approximate surface area is 158 Å². The van der Waals surface area contributed by atoms with Crippen LogP contribution in [0.25, 0.3) is 11.3 Å². The molecule has 0 saturated heterocycles. The van der Waals surface area contributed by atoms with Crippen molar-refractivity contribution in [3.8, 4) is 11.3 Å². The number of hydrogen-bond acceptors (Lipinski definition) is 6. The maximum atomic E-state index is 14.2. The van der Waals surface area contributed by atoms with Gasteiger partial charge in [-0.25, -0.2) is 4.39 Å². The summed E-state index contributed by atoms with van der Waals surface area (Å²) in [6.45, 7) is 5.72. The van der Waals surface area contributed by atoms with Gasteiger partial charge >= 0.3 is 0 Å². The molecule has 0 unspecified atom stereocenters. The third kappa shape index (κ3) is 3.76. The Bertz CT molecular complexity index is 934. The summed E-state index contributed by atoms with van der Waals surface area (Å²) in [6, 6.07) is 4.25. The highest BCUT2D eigenvalue weighted by molar-refractivity contribution is 7.15. The number of rotatable bonds is 5. The van der Waals surface area contributed by atoms with Gasteiger partial charge < -0.3 is 4.52 Å². The van der Waals surface area contributed by atoms with Crippen LogP contribution in [-0.4, -0.2) is 21.3 Å². The maximum absolute atomic E-state index is 14.2. The summed E-state index contributed by atoms with van der Waals surface area (Å²) >= 11 is 7.38. The van der Waals surface area contributed by atoms with Crippen LogP contribution in [0.5, 0.6) is 0 Å². The van der Waals surface area contributed by atoms with E-state index in [1.54, 1.807) is 6.92 Å². The second-order valence-corrected chi connectivity index (χ2v) is 7.58. The molecule has 0 aliphatic rings. The molecule has 0 spiro atoms. The molecule has 0 aliphatic carbocycles. The minimum absolute atomic E-state index is 0.0222. The van der Waals surface area contributed by atoms with E-state index in [4.69, 9.17) is 16.1 Å². The second kappa shape index (κ2) is 7.51. The number of aromatic nitrogens is 3. The largest absolute Gasteiger partial charge is 0.360 e. The predicted molar refractivity (Wildman–Crippen MR) is 98.0 cm³/mol. The topological polar surface area (TPSA) is 80.9 Å². The van der Waals surface area contributed by atoms with Crippen LogP contribution in [0.15, 0.2) is 22.7 Å². The fourth-order valence-corrected chi connectivity index (χ4v) is 3.63. The molecule has 0 saturated carbocycles. The monoisotopic (exact) mass is 394 g/mol. The van der Waals surface area contributed by atoms with E-state index in [1.807, 2.05) is 0 Å². The van der Waals surface area contributed by atoms with Crippen LogP contribution in [0, 0.1) is 18.7 Å². The normalized spacial score (nSPS) is 11.2. The van der Waals surface area contributed by atoms with E-state index in [0.717, 1.165) is 11.4 Å². The lowest BCUT2D eigenvalue weighted by molar-refractivity contribution is 0.102. The van der Waals surface area contributed by atoms with Crippen molar-refractivity contribution >= 4 is 34.0 Å². The standard InChI is InChI=1S/C17H16ClFN4O2S/c1-8(2)7-12-21-22-17(26-12)20-16(24)13-9(3)25-23-15(13)14-10(18)5-4-6-11(14)19/h4-6,8H,7H2,1-3H3,(H,20,22,24). The van der Waals surface area contributed by atoms with Gasteiger partial charge in [0.1, 0.15) is 27.8 Å².